The molecule has 1 spiro atoms. The summed E-state index contributed by atoms with van der Waals surface area (Å²) in [6, 6.07) is 2.20. The predicted molar refractivity (Wildman–Crippen MR) is 93.5 cm³/mol. The molecule has 1 aliphatic heterocycles. The molecule has 27 heavy (non-hydrogen) atoms. The first-order valence-electron chi connectivity index (χ1n) is 9.10. The average Bonchev–Trinajstić information content (AvgIpc) is 2.84. The van der Waals surface area contributed by atoms with Gasteiger partial charge in [-0.15, -0.1) is 0 Å². The maximum Gasteiger partial charge on any atom is 0.325 e. The van der Waals surface area contributed by atoms with Gasteiger partial charge >= 0.3 is 6.03 Å². The molecule has 1 heterocycles. The third kappa shape index (κ3) is 3.79. The molecular weight excluding hydrogens is 356 g/mol. The van der Waals surface area contributed by atoms with Crippen LogP contribution in [-0.2, 0) is 9.59 Å². The quantitative estimate of drug-likeness (QED) is 0.790. The molecule has 2 aliphatic rings. The Morgan fingerprint density at radius 1 is 1.30 bits per heavy atom. The average molecular weight is 379 g/mol. The van der Waals surface area contributed by atoms with E-state index in [-0.39, 0.29) is 5.91 Å². The summed E-state index contributed by atoms with van der Waals surface area (Å²) in [6.45, 7) is 3.31. The van der Waals surface area contributed by atoms with Gasteiger partial charge in [0.15, 0.2) is 11.6 Å². The summed E-state index contributed by atoms with van der Waals surface area (Å²) in [5.41, 5.74) is -0.507. The van der Waals surface area contributed by atoms with E-state index in [0.29, 0.717) is 24.3 Å². The van der Waals surface area contributed by atoms with Crippen molar-refractivity contribution in [3.05, 3.63) is 35.4 Å². The van der Waals surface area contributed by atoms with Crippen molar-refractivity contribution >= 4 is 17.8 Å². The maximum atomic E-state index is 13.3. The maximum absolute atomic E-state index is 13.3. The highest BCUT2D eigenvalue weighted by molar-refractivity contribution is 6.09. The fourth-order valence-corrected chi connectivity index (χ4v) is 3.71. The normalized spacial score (nSPS) is 26.2. The topological polar surface area (TPSA) is 78.5 Å². The first-order chi connectivity index (χ1) is 12.7. The van der Waals surface area contributed by atoms with Crippen LogP contribution in [0.25, 0.3) is 0 Å². The van der Waals surface area contributed by atoms with Crippen molar-refractivity contribution < 1.29 is 23.2 Å². The van der Waals surface area contributed by atoms with E-state index in [1.807, 2.05) is 0 Å². The Kier molecular flexibility index (Phi) is 5.17. The van der Waals surface area contributed by atoms with Gasteiger partial charge < -0.3 is 10.6 Å². The van der Waals surface area contributed by atoms with Gasteiger partial charge in [0.1, 0.15) is 12.1 Å². The fraction of sp³-hybridized carbons (Fsp3) is 0.526. The lowest BCUT2D eigenvalue weighted by molar-refractivity contribution is -0.136. The molecule has 146 valence electrons. The molecule has 0 aromatic heterocycles. The van der Waals surface area contributed by atoms with Crippen LogP contribution < -0.4 is 10.6 Å². The number of carbonyl (C=O) groups is 3. The first-order valence-corrected chi connectivity index (χ1v) is 9.10. The zero-order valence-corrected chi connectivity index (χ0v) is 15.4. The van der Waals surface area contributed by atoms with Gasteiger partial charge in [-0.3, -0.25) is 14.5 Å². The standard InChI is InChI=1S/C19H23F2N3O3/c1-11-5-7-19(8-6-11)17(26)24(18(27)23-19)10-16(25)22-12(2)13-3-4-14(20)15(21)9-13/h3-4,9,11-12H,5-8,10H2,1-2H3,(H,22,25)(H,23,27)/t11?,12-,19?/m0/s1. The molecule has 8 heteroatoms. The van der Waals surface area contributed by atoms with Crippen LogP contribution in [0.4, 0.5) is 13.6 Å². The van der Waals surface area contributed by atoms with E-state index in [2.05, 4.69) is 17.6 Å². The number of amides is 4. The van der Waals surface area contributed by atoms with Crippen molar-refractivity contribution in [2.24, 2.45) is 5.92 Å². The van der Waals surface area contributed by atoms with Crippen molar-refractivity contribution in [2.45, 2.75) is 51.1 Å². The summed E-state index contributed by atoms with van der Waals surface area (Å²) in [6.07, 6.45) is 2.84. The van der Waals surface area contributed by atoms with Crippen LogP contribution in [-0.4, -0.2) is 34.8 Å². The minimum Gasteiger partial charge on any atom is -0.348 e. The van der Waals surface area contributed by atoms with E-state index in [9.17, 15) is 23.2 Å². The molecule has 2 N–H and O–H groups in total. The number of imide groups is 1. The molecule has 1 saturated carbocycles. The minimum absolute atomic E-state index is 0.366. The molecule has 1 aromatic carbocycles. The summed E-state index contributed by atoms with van der Waals surface area (Å²) in [5.74, 6) is -2.37. The lowest BCUT2D eigenvalue weighted by Crippen LogP contribution is -2.50. The molecule has 0 radical (unpaired) electrons. The molecule has 2 fully saturated rings. The van der Waals surface area contributed by atoms with Crippen LogP contribution >= 0.6 is 0 Å². The van der Waals surface area contributed by atoms with E-state index in [1.54, 1.807) is 6.92 Å². The highest BCUT2D eigenvalue weighted by Gasteiger charge is 2.52. The summed E-state index contributed by atoms with van der Waals surface area (Å²) >= 11 is 0. The second-order valence-corrected chi connectivity index (χ2v) is 7.55. The number of benzene rings is 1. The number of urea groups is 1. The minimum atomic E-state index is -1.00. The summed E-state index contributed by atoms with van der Waals surface area (Å²) in [7, 11) is 0. The Balaban J connectivity index is 1.62. The lowest BCUT2D eigenvalue weighted by Gasteiger charge is -2.33. The van der Waals surface area contributed by atoms with Gasteiger partial charge in [0.25, 0.3) is 5.91 Å². The van der Waals surface area contributed by atoms with Gasteiger partial charge in [-0.05, 0) is 56.2 Å². The number of nitrogens with one attached hydrogen (secondary N) is 2. The van der Waals surface area contributed by atoms with Gasteiger partial charge in [0.05, 0.1) is 6.04 Å². The number of rotatable bonds is 4. The number of hydrogen-bond donors (Lipinski definition) is 2. The molecule has 0 unspecified atom stereocenters. The number of nitrogens with zero attached hydrogens (tertiary/aromatic N) is 1. The summed E-state index contributed by atoms with van der Waals surface area (Å²) in [4.78, 5) is 38.2. The largest absolute Gasteiger partial charge is 0.348 e. The molecule has 6 nitrogen and oxygen atoms in total. The Morgan fingerprint density at radius 2 is 1.96 bits per heavy atom. The summed E-state index contributed by atoms with van der Waals surface area (Å²) < 4.78 is 26.4. The van der Waals surface area contributed by atoms with Gasteiger partial charge in [0, 0.05) is 0 Å². The second kappa shape index (κ2) is 7.25. The number of halogens is 2. The van der Waals surface area contributed by atoms with E-state index in [4.69, 9.17) is 0 Å². The predicted octanol–water partition coefficient (Wildman–Crippen LogP) is 2.64. The SMILES string of the molecule is CC1CCC2(CC1)NC(=O)N(CC(=O)N[C@@H](C)c1ccc(F)c(F)c1)C2=O. The zero-order chi connectivity index (χ0) is 19.8. The van der Waals surface area contributed by atoms with Crippen molar-refractivity contribution in [2.75, 3.05) is 6.54 Å². The van der Waals surface area contributed by atoms with Crippen LogP contribution in [0.2, 0.25) is 0 Å². The van der Waals surface area contributed by atoms with Crippen LogP contribution in [0.3, 0.4) is 0 Å². The van der Waals surface area contributed by atoms with E-state index < -0.39 is 41.7 Å². The molecule has 1 saturated heterocycles. The molecule has 3 rings (SSSR count). The highest BCUT2D eigenvalue weighted by atomic mass is 19.2. The summed E-state index contributed by atoms with van der Waals surface area (Å²) in [5, 5.41) is 5.37. The molecule has 1 atom stereocenters. The molecular formula is C19H23F2N3O3. The van der Waals surface area contributed by atoms with Crippen LogP contribution in [0, 0.1) is 17.6 Å². The first kappa shape index (κ1) is 19.3. The van der Waals surface area contributed by atoms with Crippen molar-refractivity contribution in [1.29, 1.82) is 0 Å². The van der Waals surface area contributed by atoms with Crippen LogP contribution in [0.1, 0.15) is 51.1 Å². The third-order valence-electron chi connectivity index (χ3n) is 5.50. The van der Waals surface area contributed by atoms with Crippen molar-refractivity contribution in [3.63, 3.8) is 0 Å². The molecule has 1 aromatic rings. The van der Waals surface area contributed by atoms with Gasteiger partial charge in [-0.2, -0.15) is 0 Å². The third-order valence-corrected chi connectivity index (χ3v) is 5.50. The monoisotopic (exact) mass is 379 g/mol. The van der Waals surface area contributed by atoms with E-state index >= 15 is 0 Å². The van der Waals surface area contributed by atoms with Crippen molar-refractivity contribution in [3.8, 4) is 0 Å². The van der Waals surface area contributed by atoms with Gasteiger partial charge in [0.2, 0.25) is 5.91 Å². The van der Waals surface area contributed by atoms with Crippen LogP contribution in [0.15, 0.2) is 18.2 Å². The Bertz CT molecular complexity index is 775. The van der Waals surface area contributed by atoms with Crippen LogP contribution in [0.5, 0.6) is 0 Å². The van der Waals surface area contributed by atoms with Crippen molar-refractivity contribution in [1.82, 2.24) is 15.5 Å². The molecule has 1 aliphatic carbocycles. The smallest absolute Gasteiger partial charge is 0.325 e. The van der Waals surface area contributed by atoms with Gasteiger partial charge in [-0.1, -0.05) is 13.0 Å². The number of hydrogen-bond acceptors (Lipinski definition) is 3. The Labute approximate surface area is 156 Å². The fourth-order valence-electron chi connectivity index (χ4n) is 3.71. The number of carbonyl (C=O) groups excluding carboxylic acids is 3. The molecule has 4 amide bonds. The Morgan fingerprint density at radius 3 is 2.59 bits per heavy atom. The second-order valence-electron chi connectivity index (χ2n) is 7.55. The van der Waals surface area contributed by atoms with E-state index in [0.717, 1.165) is 29.9 Å². The molecule has 0 bridgehead atoms. The zero-order valence-electron chi connectivity index (χ0n) is 15.4. The Hall–Kier alpha value is -2.51. The lowest BCUT2D eigenvalue weighted by atomic mass is 9.77. The van der Waals surface area contributed by atoms with E-state index in [1.165, 1.54) is 6.07 Å². The van der Waals surface area contributed by atoms with Gasteiger partial charge in [-0.25, -0.2) is 13.6 Å². The highest BCUT2D eigenvalue weighted by Crippen LogP contribution is 2.36.